The van der Waals surface area contributed by atoms with E-state index in [-0.39, 0.29) is 10.9 Å². The van der Waals surface area contributed by atoms with Crippen molar-refractivity contribution in [2.24, 2.45) is 0 Å². The standard InChI is InChI=1S/C56H52N2O2/c1-7-9-27-57-49-33-48-50(34-47(49)55(59)53-45(41-23-15-37(5)16-24-41)29-43(31-51(53)57)39-19-11-35(3)12-20-39)58(28-10-8-2)52-32-44(40-21-13-36(4)14-22-40)30-46(54(52)56(48)60)42-25-17-38(6)18-26-42/h11-26,29-34H,7-10,27-28H2,1-6H3. The first-order valence-corrected chi connectivity index (χ1v) is 21.6. The second-order valence-corrected chi connectivity index (χ2v) is 16.9. The highest BCUT2D eigenvalue weighted by atomic mass is 16.1. The summed E-state index contributed by atoms with van der Waals surface area (Å²) in [5.74, 6) is 0. The van der Waals surface area contributed by atoms with E-state index in [0.717, 1.165) is 92.3 Å². The molecule has 0 unspecified atom stereocenters. The maximum atomic E-state index is 15.4. The van der Waals surface area contributed by atoms with Crippen LogP contribution in [0.3, 0.4) is 0 Å². The van der Waals surface area contributed by atoms with Crippen LogP contribution in [0.15, 0.2) is 143 Å². The van der Waals surface area contributed by atoms with Crippen molar-refractivity contribution in [3.05, 3.63) is 176 Å². The lowest BCUT2D eigenvalue weighted by Gasteiger charge is -2.22. The molecule has 0 saturated carbocycles. The summed E-state index contributed by atoms with van der Waals surface area (Å²) in [5, 5.41) is 2.70. The van der Waals surface area contributed by atoms with Crippen molar-refractivity contribution in [3.8, 4) is 44.5 Å². The fraction of sp³-hybridized carbons (Fsp3) is 0.214. The van der Waals surface area contributed by atoms with Crippen LogP contribution in [0.2, 0.25) is 0 Å². The first kappa shape index (κ1) is 39.0. The lowest BCUT2D eigenvalue weighted by molar-refractivity contribution is 0.660. The number of fused-ring (bicyclic) bond motifs is 4. The van der Waals surface area contributed by atoms with Gasteiger partial charge in [0.2, 0.25) is 0 Å². The highest BCUT2D eigenvalue weighted by molar-refractivity contribution is 6.10. The molecule has 0 aliphatic heterocycles. The summed E-state index contributed by atoms with van der Waals surface area (Å²) >= 11 is 0. The summed E-state index contributed by atoms with van der Waals surface area (Å²) < 4.78 is 4.65. The lowest BCUT2D eigenvalue weighted by atomic mass is 9.91. The molecule has 60 heavy (non-hydrogen) atoms. The van der Waals surface area contributed by atoms with E-state index in [9.17, 15) is 0 Å². The molecule has 4 nitrogen and oxygen atoms in total. The molecule has 0 bridgehead atoms. The summed E-state index contributed by atoms with van der Waals surface area (Å²) in [6.45, 7) is 14.2. The van der Waals surface area contributed by atoms with E-state index in [2.05, 4.69) is 172 Å². The SMILES string of the molecule is CCCCn1c2cc3c(=O)c4c(-c5ccc(C)cc5)cc(-c5ccc(C)cc5)cc4n(CCCC)c3cc2c(=O)c2c(-c3ccc(C)cc3)cc(-c3ccc(C)cc3)cc21. The quantitative estimate of drug-likeness (QED) is 0.130. The highest BCUT2D eigenvalue weighted by Crippen LogP contribution is 2.38. The fourth-order valence-corrected chi connectivity index (χ4v) is 8.93. The number of benzene rings is 7. The molecule has 0 atom stereocenters. The molecule has 298 valence electrons. The molecule has 2 heterocycles. The Morgan fingerprint density at radius 3 is 1.00 bits per heavy atom. The van der Waals surface area contributed by atoms with Gasteiger partial charge >= 0.3 is 0 Å². The van der Waals surface area contributed by atoms with Crippen molar-refractivity contribution in [3.63, 3.8) is 0 Å². The van der Waals surface area contributed by atoms with Crippen LogP contribution in [0.1, 0.15) is 61.8 Å². The number of pyridine rings is 2. The molecule has 9 rings (SSSR count). The molecule has 0 fully saturated rings. The van der Waals surface area contributed by atoms with Gasteiger partial charge in [0.1, 0.15) is 0 Å². The molecule has 0 N–H and O–H groups in total. The summed E-state index contributed by atoms with van der Waals surface area (Å²) in [5.41, 5.74) is 16.3. The molecule has 0 radical (unpaired) electrons. The van der Waals surface area contributed by atoms with Gasteiger partial charge < -0.3 is 9.13 Å². The molecule has 0 aliphatic rings. The van der Waals surface area contributed by atoms with Gasteiger partial charge in [-0.2, -0.15) is 0 Å². The Morgan fingerprint density at radius 1 is 0.367 bits per heavy atom. The van der Waals surface area contributed by atoms with Gasteiger partial charge in [-0.3, -0.25) is 9.59 Å². The van der Waals surface area contributed by atoms with Crippen LogP contribution in [-0.4, -0.2) is 9.13 Å². The van der Waals surface area contributed by atoms with E-state index in [1.54, 1.807) is 0 Å². The maximum absolute atomic E-state index is 15.4. The van der Waals surface area contributed by atoms with Crippen molar-refractivity contribution in [1.29, 1.82) is 0 Å². The number of hydrogen-bond donors (Lipinski definition) is 0. The molecule has 0 saturated heterocycles. The topological polar surface area (TPSA) is 44.0 Å². The lowest BCUT2D eigenvalue weighted by Crippen LogP contribution is -2.17. The number of aryl methyl sites for hydroxylation is 6. The summed E-state index contributed by atoms with van der Waals surface area (Å²) in [6.07, 6.45) is 3.83. The Balaban J connectivity index is 1.45. The molecule has 0 aliphatic carbocycles. The third kappa shape index (κ3) is 6.94. The molecule has 9 aromatic rings. The first-order chi connectivity index (χ1) is 29.1. The van der Waals surface area contributed by atoms with E-state index >= 15 is 9.59 Å². The van der Waals surface area contributed by atoms with Crippen LogP contribution in [0.25, 0.3) is 88.1 Å². The Bertz CT molecular complexity index is 2980. The van der Waals surface area contributed by atoms with Crippen molar-refractivity contribution in [2.45, 2.75) is 80.3 Å². The Kier molecular flexibility index (Phi) is 10.3. The van der Waals surface area contributed by atoms with Crippen LogP contribution in [0.4, 0.5) is 0 Å². The molecule has 0 amide bonds. The van der Waals surface area contributed by atoms with E-state index in [1.807, 2.05) is 12.1 Å². The van der Waals surface area contributed by atoms with Gasteiger partial charge in [-0.15, -0.1) is 0 Å². The van der Waals surface area contributed by atoms with Gasteiger partial charge in [0.25, 0.3) is 0 Å². The zero-order valence-corrected chi connectivity index (χ0v) is 35.7. The molecular formula is C56H52N2O2. The normalized spacial score (nSPS) is 11.7. The minimum atomic E-state index is -0.0102. The van der Waals surface area contributed by atoms with Gasteiger partial charge in [0.05, 0.1) is 32.8 Å². The van der Waals surface area contributed by atoms with E-state index in [0.29, 0.717) is 34.6 Å². The van der Waals surface area contributed by atoms with E-state index in [4.69, 9.17) is 0 Å². The third-order valence-electron chi connectivity index (χ3n) is 12.4. The predicted octanol–water partition coefficient (Wildman–Crippen LogP) is 14.1. The second kappa shape index (κ2) is 15.9. The van der Waals surface area contributed by atoms with Crippen LogP contribution in [-0.2, 0) is 13.1 Å². The number of aromatic nitrogens is 2. The Morgan fingerprint density at radius 2 is 0.683 bits per heavy atom. The molecule has 2 aromatic heterocycles. The first-order valence-electron chi connectivity index (χ1n) is 21.6. The Labute approximate surface area is 352 Å². The smallest absolute Gasteiger partial charge is 0.197 e. The van der Waals surface area contributed by atoms with Crippen LogP contribution in [0.5, 0.6) is 0 Å². The average molecular weight is 785 g/mol. The van der Waals surface area contributed by atoms with E-state index < -0.39 is 0 Å². The molecular weight excluding hydrogens is 733 g/mol. The van der Waals surface area contributed by atoms with E-state index in [1.165, 1.54) is 22.3 Å². The summed E-state index contributed by atoms with van der Waals surface area (Å²) in [4.78, 5) is 30.8. The highest BCUT2D eigenvalue weighted by Gasteiger charge is 2.22. The van der Waals surface area contributed by atoms with Crippen LogP contribution >= 0.6 is 0 Å². The van der Waals surface area contributed by atoms with Crippen molar-refractivity contribution >= 4 is 43.6 Å². The van der Waals surface area contributed by atoms with Gasteiger partial charge in [0, 0.05) is 23.9 Å². The molecule has 0 spiro atoms. The summed E-state index contributed by atoms with van der Waals surface area (Å²) in [7, 11) is 0. The number of nitrogens with zero attached hydrogens (tertiary/aromatic N) is 2. The zero-order chi connectivity index (χ0) is 41.7. The van der Waals surface area contributed by atoms with Gasteiger partial charge in [-0.1, -0.05) is 146 Å². The number of unbranched alkanes of at least 4 members (excludes halogenated alkanes) is 2. The Hall–Kier alpha value is -6.52. The largest absolute Gasteiger partial charge is 0.340 e. The molecule has 4 heteroatoms. The van der Waals surface area contributed by atoms with Crippen molar-refractivity contribution in [2.75, 3.05) is 0 Å². The zero-order valence-electron chi connectivity index (χ0n) is 35.7. The number of hydrogen-bond acceptors (Lipinski definition) is 2. The van der Waals surface area contributed by atoms with Gasteiger partial charge in [-0.25, -0.2) is 0 Å². The van der Waals surface area contributed by atoms with Gasteiger partial charge in [-0.05, 0) is 121 Å². The number of rotatable bonds is 10. The maximum Gasteiger partial charge on any atom is 0.197 e. The minimum absolute atomic E-state index is 0.0102. The average Bonchev–Trinajstić information content (AvgIpc) is 3.26. The third-order valence-corrected chi connectivity index (χ3v) is 12.4. The van der Waals surface area contributed by atoms with Crippen LogP contribution in [0, 0.1) is 27.7 Å². The predicted molar refractivity (Wildman–Crippen MR) is 255 cm³/mol. The second-order valence-electron chi connectivity index (χ2n) is 16.9. The minimum Gasteiger partial charge on any atom is -0.340 e. The van der Waals surface area contributed by atoms with Gasteiger partial charge in [0.15, 0.2) is 10.9 Å². The summed E-state index contributed by atoms with van der Waals surface area (Å²) in [6, 6.07) is 47.1. The van der Waals surface area contributed by atoms with Crippen molar-refractivity contribution in [1.82, 2.24) is 9.13 Å². The van der Waals surface area contributed by atoms with Crippen LogP contribution < -0.4 is 10.9 Å². The van der Waals surface area contributed by atoms with Crippen molar-refractivity contribution < 1.29 is 0 Å². The monoisotopic (exact) mass is 784 g/mol. The molecule has 7 aromatic carbocycles. The fourth-order valence-electron chi connectivity index (χ4n) is 8.93.